The molecule has 0 saturated carbocycles. The fraction of sp³-hybridized carbons (Fsp3) is 0.167. The Hall–Kier alpha value is -0.540. The highest BCUT2D eigenvalue weighted by atomic mass is 79.9. The van der Waals surface area contributed by atoms with Gasteiger partial charge in [0, 0.05) is 10.5 Å². The first-order valence-corrected chi connectivity index (χ1v) is 9.19. The second-order valence-corrected chi connectivity index (χ2v) is 7.80. The lowest BCUT2D eigenvalue weighted by molar-refractivity contribution is 0.470. The molecule has 0 aliphatic rings. The van der Waals surface area contributed by atoms with Crippen LogP contribution in [0, 0.1) is 0 Å². The first-order chi connectivity index (χ1) is 9.83. The summed E-state index contributed by atoms with van der Waals surface area (Å²) in [6, 6.07) is 6.33. The molecule has 0 aliphatic carbocycles. The molecule has 0 fully saturated rings. The number of nitrogens with one attached hydrogen (secondary N) is 2. The van der Waals surface area contributed by atoms with E-state index in [0.717, 1.165) is 4.47 Å². The van der Waals surface area contributed by atoms with Gasteiger partial charge in [-0.25, -0.2) is 8.42 Å². The standard InChI is InChI=1S/C12H11Br2ClN2O3S/c1-16-6-8-5-11(12(14)20-8)21(18,19)17-10-3-2-7(13)4-9(10)15/h2-5,16-17H,6H2,1H3. The van der Waals surface area contributed by atoms with Crippen molar-refractivity contribution in [2.45, 2.75) is 11.4 Å². The van der Waals surface area contributed by atoms with E-state index in [1.807, 2.05) is 0 Å². The zero-order chi connectivity index (χ0) is 15.6. The number of sulfonamides is 1. The van der Waals surface area contributed by atoms with Gasteiger partial charge < -0.3 is 9.73 Å². The molecular weight excluding hydrogens is 447 g/mol. The summed E-state index contributed by atoms with van der Waals surface area (Å²) in [5.41, 5.74) is 0.295. The van der Waals surface area contributed by atoms with Crippen molar-refractivity contribution >= 4 is 59.2 Å². The van der Waals surface area contributed by atoms with Crippen molar-refractivity contribution in [3.8, 4) is 0 Å². The van der Waals surface area contributed by atoms with Crippen molar-refractivity contribution in [3.63, 3.8) is 0 Å². The number of furan rings is 1. The molecule has 0 radical (unpaired) electrons. The zero-order valence-corrected chi connectivity index (χ0v) is 15.5. The number of rotatable bonds is 5. The second kappa shape index (κ2) is 6.70. The molecule has 1 aromatic carbocycles. The minimum absolute atomic E-state index is 0.0201. The van der Waals surface area contributed by atoms with E-state index in [1.165, 1.54) is 6.07 Å². The first-order valence-electron chi connectivity index (χ1n) is 5.74. The van der Waals surface area contributed by atoms with Crippen LogP contribution in [0.2, 0.25) is 5.02 Å². The summed E-state index contributed by atoms with van der Waals surface area (Å²) in [5, 5.41) is 3.18. The minimum Gasteiger partial charge on any atom is -0.451 e. The fourth-order valence-electron chi connectivity index (χ4n) is 1.61. The Kier molecular flexibility index (Phi) is 5.37. The van der Waals surface area contributed by atoms with Crippen LogP contribution in [-0.2, 0) is 16.6 Å². The highest BCUT2D eigenvalue weighted by molar-refractivity contribution is 9.10. The lowest BCUT2D eigenvalue weighted by atomic mass is 10.3. The molecule has 0 unspecified atom stereocenters. The van der Waals surface area contributed by atoms with Crippen LogP contribution in [0.25, 0.3) is 0 Å². The van der Waals surface area contributed by atoms with Crippen LogP contribution in [0.3, 0.4) is 0 Å². The number of benzene rings is 1. The molecule has 21 heavy (non-hydrogen) atoms. The van der Waals surface area contributed by atoms with Gasteiger partial charge in [0.05, 0.1) is 17.3 Å². The van der Waals surface area contributed by atoms with E-state index in [0.29, 0.717) is 23.0 Å². The average Bonchev–Trinajstić information content (AvgIpc) is 2.75. The van der Waals surface area contributed by atoms with Gasteiger partial charge in [0.25, 0.3) is 10.0 Å². The van der Waals surface area contributed by atoms with Gasteiger partial charge >= 0.3 is 0 Å². The predicted octanol–water partition coefficient (Wildman–Crippen LogP) is 3.98. The molecular formula is C12H11Br2ClN2O3S. The Bertz CT molecular complexity index is 762. The van der Waals surface area contributed by atoms with Crippen molar-refractivity contribution in [2.75, 3.05) is 11.8 Å². The molecule has 0 saturated heterocycles. The average molecular weight is 459 g/mol. The van der Waals surface area contributed by atoms with E-state index in [9.17, 15) is 8.42 Å². The van der Waals surface area contributed by atoms with Crippen LogP contribution in [0.4, 0.5) is 5.69 Å². The largest absolute Gasteiger partial charge is 0.451 e. The number of hydrogen-bond donors (Lipinski definition) is 2. The summed E-state index contributed by atoms with van der Waals surface area (Å²) in [6.07, 6.45) is 0. The molecule has 2 N–H and O–H groups in total. The molecule has 0 spiro atoms. The van der Waals surface area contributed by atoms with Gasteiger partial charge in [0.1, 0.15) is 10.7 Å². The van der Waals surface area contributed by atoms with E-state index < -0.39 is 10.0 Å². The van der Waals surface area contributed by atoms with Gasteiger partial charge in [-0.3, -0.25) is 4.72 Å². The van der Waals surface area contributed by atoms with Crippen LogP contribution in [0.1, 0.15) is 5.76 Å². The lowest BCUT2D eigenvalue weighted by Crippen LogP contribution is -2.13. The van der Waals surface area contributed by atoms with Crippen LogP contribution in [-0.4, -0.2) is 15.5 Å². The minimum atomic E-state index is -3.79. The third kappa shape index (κ3) is 4.01. The predicted molar refractivity (Wildman–Crippen MR) is 89.1 cm³/mol. The maximum atomic E-state index is 12.4. The molecule has 1 aromatic heterocycles. The van der Waals surface area contributed by atoms with Gasteiger partial charge in [-0.2, -0.15) is 0 Å². The topological polar surface area (TPSA) is 71.3 Å². The van der Waals surface area contributed by atoms with Crippen LogP contribution in [0.15, 0.2) is 42.7 Å². The summed E-state index contributed by atoms with van der Waals surface area (Å²) >= 11 is 12.4. The van der Waals surface area contributed by atoms with Gasteiger partial charge in [-0.15, -0.1) is 0 Å². The van der Waals surface area contributed by atoms with Crippen molar-refractivity contribution in [1.29, 1.82) is 0 Å². The molecule has 2 aromatic rings. The Labute approximate surface area is 144 Å². The van der Waals surface area contributed by atoms with Crippen molar-refractivity contribution in [1.82, 2.24) is 5.32 Å². The van der Waals surface area contributed by atoms with Gasteiger partial charge in [0.2, 0.25) is 0 Å². The molecule has 0 bridgehead atoms. The Morgan fingerprint density at radius 2 is 2.00 bits per heavy atom. The summed E-state index contributed by atoms with van der Waals surface area (Å²) in [5.74, 6) is 0.506. The van der Waals surface area contributed by atoms with Crippen LogP contribution < -0.4 is 10.0 Å². The summed E-state index contributed by atoms with van der Waals surface area (Å²) in [6.45, 7) is 0.424. The van der Waals surface area contributed by atoms with E-state index in [2.05, 4.69) is 41.9 Å². The third-order valence-corrected chi connectivity index (χ3v) is 5.55. The Morgan fingerprint density at radius 1 is 1.29 bits per heavy atom. The van der Waals surface area contributed by atoms with Gasteiger partial charge in [-0.05, 0) is 41.2 Å². The normalized spacial score (nSPS) is 11.6. The van der Waals surface area contributed by atoms with Gasteiger partial charge in [-0.1, -0.05) is 27.5 Å². The molecule has 0 aliphatic heterocycles. The van der Waals surface area contributed by atoms with Crippen molar-refractivity contribution in [2.24, 2.45) is 0 Å². The molecule has 0 atom stereocenters. The molecule has 1 heterocycles. The monoisotopic (exact) mass is 456 g/mol. The van der Waals surface area contributed by atoms with Crippen molar-refractivity contribution in [3.05, 3.63) is 44.2 Å². The maximum Gasteiger partial charge on any atom is 0.266 e. The van der Waals surface area contributed by atoms with E-state index in [4.69, 9.17) is 16.0 Å². The summed E-state index contributed by atoms with van der Waals surface area (Å²) < 4.78 is 33.4. The smallest absolute Gasteiger partial charge is 0.266 e. The van der Waals surface area contributed by atoms with Crippen molar-refractivity contribution < 1.29 is 12.8 Å². The Balaban J connectivity index is 2.34. The molecule has 0 amide bonds. The van der Waals surface area contributed by atoms with Crippen LogP contribution in [0.5, 0.6) is 0 Å². The quantitative estimate of drug-likeness (QED) is 0.711. The molecule has 5 nitrogen and oxygen atoms in total. The van der Waals surface area contributed by atoms with E-state index >= 15 is 0 Å². The Morgan fingerprint density at radius 3 is 2.62 bits per heavy atom. The lowest BCUT2D eigenvalue weighted by Gasteiger charge is -2.08. The summed E-state index contributed by atoms with van der Waals surface area (Å²) in [7, 11) is -2.05. The van der Waals surface area contributed by atoms with Gasteiger partial charge in [0.15, 0.2) is 4.67 Å². The fourth-order valence-corrected chi connectivity index (χ4v) is 4.47. The molecule has 2 rings (SSSR count). The zero-order valence-electron chi connectivity index (χ0n) is 10.8. The number of hydrogen-bond acceptors (Lipinski definition) is 4. The molecule has 114 valence electrons. The molecule has 9 heteroatoms. The summed E-state index contributed by atoms with van der Waals surface area (Å²) in [4.78, 5) is 0.0201. The highest BCUT2D eigenvalue weighted by Crippen LogP contribution is 2.31. The SMILES string of the molecule is CNCc1cc(S(=O)(=O)Nc2ccc(Br)cc2Cl)c(Br)o1. The number of halogens is 3. The number of anilines is 1. The first kappa shape index (κ1) is 16.8. The maximum absolute atomic E-state index is 12.4. The van der Waals surface area contributed by atoms with E-state index in [-0.39, 0.29) is 9.56 Å². The van der Waals surface area contributed by atoms with E-state index in [1.54, 1.807) is 25.2 Å². The van der Waals surface area contributed by atoms with Crippen LogP contribution >= 0.6 is 43.5 Å². The third-order valence-electron chi connectivity index (χ3n) is 2.52. The second-order valence-electron chi connectivity index (χ2n) is 4.11. The highest BCUT2D eigenvalue weighted by Gasteiger charge is 2.23.